The number of carbonyl (C=O) groups excluding carboxylic acids is 3. The van der Waals surface area contributed by atoms with Crippen molar-refractivity contribution in [3.8, 4) is 33.6 Å². The first kappa shape index (κ1) is 37.8. The van der Waals surface area contributed by atoms with Crippen molar-refractivity contribution in [1.82, 2.24) is 39.6 Å². The zero-order valence-electron chi connectivity index (χ0n) is 32.1. The van der Waals surface area contributed by atoms with Gasteiger partial charge in [-0.2, -0.15) is 0 Å². The minimum atomic E-state index is -1.13. The largest absolute Gasteiger partial charge is 0.431 e. The van der Waals surface area contributed by atoms with Crippen LogP contribution in [0.5, 0.6) is 0 Å². The Bertz CT molecular complexity index is 2350. The second-order valence-electron chi connectivity index (χ2n) is 14.8. The number of rotatable bonds is 11. The molecule has 6 aromatic rings. The van der Waals surface area contributed by atoms with Gasteiger partial charge in [-0.1, -0.05) is 78.9 Å². The number of primary amides is 1. The highest BCUT2D eigenvalue weighted by Crippen LogP contribution is 2.37. The molecule has 0 bridgehead atoms. The summed E-state index contributed by atoms with van der Waals surface area (Å²) in [7, 11) is 3.85. The number of carbonyl (C=O) groups is 3. The molecule has 0 aliphatic carbocycles. The van der Waals surface area contributed by atoms with E-state index in [0.29, 0.717) is 24.5 Å². The molecule has 0 spiro atoms. The molecule has 4 atom stereocenters. The molecule has 292 valence electrons. The van der Waals surface area contributed by atoms with Crippen LogP contribution in [0, 0.1) is 6.92 Å². The summed E-state index contributed by atoms with van der Waals surface area (Å²) in [6, 6.07) is 24.7. The number of thiazole rings is 1. The van der Waals surface area contributed by atoms with Crippen LogP contribution in [-0.4, -0.2) is 84.7 Å². The molecule has 14 heteroatoms. The summed E-state index contributed by atoms with van der Waals surface area (Å²) in [5, 5.41) is 2.93. The Hall–Kier alpha value is -6.12. The van der Waals surface area contributed by atoms with E-state index in [1.165, 1.54) is 0 Å². The van der Waals surface area contributed by atoms with Crippen molar-refractivity contribution in [1.29, 1.82) is 0 Å². The fourth-order valence-corrected chi connectivity index (χ4v) is 8.68. The molecule has 2 saturated heterocycles. The quantitative estimate of drug-likeness (QED) is 0.123. The van der Waals surface area contributed by atoms with E-state index in [2.05, 4.69) is 68.5 Å². The number of amides is 3. The molecular formula is C43H45N9O4S. The van der Waals surface area contributed by atoms with E-state index in [0.717, 1.165) is 75.9 Å². The summed E-state index contributed by atoms with van der Waals surface area (Å²) in [5.41, 5.74) is 12.6. The molecule has 2 fully saturated rings. The lowest BCUT2D eigenvalue weighted by Crippen LogP contribution is -2.40. The smallest absolute Gasteiger partial charge is 0.405 e. The summed E-state index contributed by atoms with van der Waals surface area (Å²) >= 11 is 1.56. The number of nitrogens with two attached hydrogens (primary N) is 1. The molecule has 57 heavy (non-hydrogen) atoms. The van der Waals surface area contributed by atoms with Crippen molar-refractivity contribution in [2.24, 2.45) is 5.73 Å². The van der Waals surface area contributed by atoms with Crippen LogP contribution >= 0.6 is 11.3 Å². The van der Waals surface area contributed by atoms with Crippen molar-refractivity contribution in [2.45, 2.75) is 56.8 Å². The maximum atomic E-state index is 13.9. The first-order valence-corrected chi connectivity index (χ1v) is 20.0. The predicted octanol–water partition coefficient (Wildman–Crippen LogP) is 7.37. The van der Waals surface area contributed by atoms with E-state index in [4.69, 9.17) is 15.5 Å². The summed E-state index contributed by atoms with van der Waals surface area (Å²) in [6.45, 7) is 3.17. The van der Waals surface area contributed by atoms with Crippen molar-refractivity contribution in [2.75, 3.05) is 27.2 Å². The van der Waals surface area contributed by atoms with Crippen molar-refractivity contribution in [3.05, 3.63) is 125 Å². The van der Waals surface area contributed by atoms with Crippen LogP contribution in [0.1, 0.15) is 77.8 Å². The molecule has 3 amide bonds. The zero-order valence-corrected chi connectivity index (χ0v) is 32.9. The number of hydrogen-bond acceptors (Lipinski definition) is 9. The number of benzene rings is 3. The lowest BCUT2D eigenvalue weighted by Gasteiger charge is -2.30. The van der Waals surface area contributed by atoms with Gasteiger partial charge in [0.15, 0.2) is 0 Å². The number of aryl methyl sites for hydroxylation is 1. The summed E-state index contributed by atoms with van der Waals surface area (Å²) in [4.78, 5) is 65.9. The molecule has 3 aromatic carbocycles. The number of aromatic nitrogens is 5. The molecule has 1 unspecified atom stereocenters. The first-order valence-electron chi connectivity index (χ1n) is 19.2. The molecular weight excluding hydrogens is 739 g/mol. The van der Waals surface area contributed by atoms with Crippen molar-refractivity contribution < 1.29 is 19.1 Å². The van der Waals surface area contributed by atoms with Crippen LogP contribution in [0.3, 0.4) is 0 Å². The number of imidazole rings is 2. The molecule has 4 N–H and O–H groups in total. The zero-order chi connectivity index (χ0) is 39.6. The highest BCUT2D eigenvalue weighted by Gasteiger charge is 2.39. The Kier molecular flexibility index (Phi) is 10.7. The van der Waals surface area contributed by atoms with Crippen LogP contribution in [0.2, 0.25) is 0 Å². The van der Waals surface area contributed by atoms with Gasteiger partial charge in [0.2, 0.25) is 12.0 Å². The fraction of sp³-hybridized carbons (Fsp3) is 0.302. The number of ether oxygens (including phenoxy) is 1. The highest BCUT2D eigenvalue weighted by molar-refractivity contribution is 7.09. The SMILES string of the molecule is Cc1nc(C(C(=O)N2CCC[C@H]2c2ncc(-c3ccc(-c4ccc(-c5cnc([C@@H]6CCCN6C(=O)[C@H](OC(N)=O)c6ccccc6)[nH]5)cc4)cc3)[nH]2)N(C)C)cs1. The number of nitrogens with one attached hydrogen (secondary N) is 2. The van der Waals surface area contributed by atoms with E-state index >= 15 is 0 Å². The lowest BCUT2D eigenvalue weighted by atomic mass is 10.0. The predicted molar refractivity (Wildman–Crippen MR) is 218 cm³/mol. The molecule has 2 aliphatic heterocycles. The summed E-state index contributed by atoms with van der Waals surface area (Å²) in [6.07, 6.45) is 4.81. The van der Waals surface area contributed by atoms with E-state index in [1.807, 2.05) is 48.5 Å². The minimum Gasteiger partial charge on any atom is -0.431 e. The second kappa shape index (κ2) is 16.2. The number of likely N-dealkylation sites (tertiary alicyclic amines) is 2. The maximum absolute atomic E-state index is 13.9. The van der Waals surface area contributed by atoms with Gasteiger partial charge in [0, 0.05) is 24.0 Å². The van der Waals surface area contributed by atoms with E-state index in [9.17, 15) is 14.4 Å². The summed E-state index contributed by atoms with van der Waals surface area (Å²) < 4.78 is 5.30. The van der Waals surface area contributed by atoms with Crippen molar-refractivity contribution >= 4 is 29.2 Å². The van der Waals surface area contributed by atoms with Crippen LogP contribution in [0.15, 0.2) is 96.6 Å². The van der Waals surface area contributed by atoms with Gasteiger partial charge in [-0.05, 0) is 69.0 Å². The average Bonchev–Trinajstić information content (AvgIpc) is 4.07. The molecule has 2 aliphatic rings. The van der Waals surface area contributed by atoms with Crippen LogP contribution in [0.4, 0.5) is 4.79 Å². The maximum Gasteiger partial charge on any atom is 0.405 e. The monoisotopic (exact) mass is 783 g/mol. The standard InChI is InChI=1S/C43H45N9O4S/c1-26-47-34(25-57-26)37(50(2)3)41(53)51-21-7-11-35(51)39-45-23-32(48-39)29-17-13-27(14-18-29)28-15-19-30(20-16-28)33-24-46-40(49-33)36-12-8-22-52(36)42(54)38(56-43(44)55)31-9-5-4-6-10-31/h4-6,9-10,13-20,23-25,35-38H,7-8,11-12,21-22H2,1-3H3,(H2,44,55)(H,45,48)(H,46,49)/t35-,36-,37?,38+/m0/s1. The Labute approximate surface area is 334 Å². The Balaban J connectivity index is 0.929. The molecule has 3 aromatic heterocycles. The Morgan fingerprint density at radius 2 is 1.28 bits per heavy atom. The van der Waals surface area contributed by atoms with Crippen LogP contribution in [0.25, 0.3) is 33.6 Å². The molecule has 8 rings (SSSR count). The molecule has 0 saturated carbocycles. The molecule has 5 heterocycles. The number of likely N-dealkylation sites (N-methyl/N-ethyl adjacent to an activating group) is 1. The second-order valence-corrected chi connectivity index (χ2v) is 15.8. The number of nitrogens with zero attached hydrogens (tertiary/aromatic N) is 6. The first-order chi connectivity index (χ1) is 27.6. The van der Waals surface area contributed by atoms with Gasteiger partial charge in [-0.3, -0.25) is 14.5 Å². The van der Waals surface area contributed by atoms with Gasteiger partial charge >= 0.3 is 6.09 Å². The topological polar surface area (TPSA) is 166 Å². The van der Waals surface area contributed by atoms with Gasteiger partial charge in [-0.25, -0.2) is 19.7 Å². The third-order valence-corrected chi connectivity index (χ3v) is 11.6. The van der Waals surface area contributed by atoms with E-state index in [-0.39, 0.29) is 23.9 Å². The van der Waals surface area contributed by atoms with E-state index < -0.39 is 18.2 Å². The average molecular weight is 784 g/mol. The summed E-state index contributed by atoms with van der Waals surface area (Å²) in [5.74, 6) is 1.20. The van der Waals surface area contributed by atoms with Crippen LogP contribution in [-0.2, 0) is 14.3 Å². The van der Waals surface area contributed by atoms with Crippen LogP contribution < -0.4 is 5.73 Å². The third-order valence-electron chi connectivity index (χ3n) is 10.8. The Morgan fingerprint density at radius 1 is 0.772 bits per heavy atom. The van der Waals surface area contributed by atoms with Gasteiger partial charge in [-0.15, -0.1) is 11.3 Å². The molecule has 13 nitrogen and oxygen atoms in total. The van der Waals surface area contributed by atoms with Gasteiger partial charge in [0.05, 0.1) is 46.6 Å². The van der Waals surface area contributed by atoms with Gasteiger partial charge in [0.25, 0.3) is 5.91 Å². The number of aromatic amines is 2. The Morgan fingerprint density at radius 3 is 1.75 bits per heavy atom. The third kappa shape index (κ3) is 7.83. The minimum absolute atomic E-state index is 0.0486. The number of hydrogen-bond donors (Lipinski definition) is 3. The van der Waals surface area contributed by atoms with E-state index in [1.54, 1.807) is 46.7 Å². The molecule has 0 radical (unpaired) electrons. The van der Waals surface area contributed by atoms with Gasteiger partial charge < -0.3 is 30.2 Å². The number of H-pyrrole nitrogens is 2. The van der Waals surface area contributed by atoms with Crippen molar-refractivity contribution in [3.63, 3.8) is 0 Å². The highest BCUT2D eigenvalue weighted by atomic mass is 32.1. The fourth-order valence-electron chi connectivity index (χ4n) is 8.05. The van der Waals surface area contributed by atoms with Gasteiger partial charge in [0.1, 0.15) is 17.7 Å². The lowest BCUT2D eigenvalue weighted by molar-refractivity contribution is -0.141. The normalized spacial score (nSPS) is 17.9.